The minimum Gasteiger partial charge on any atom is -0.462 e. The number of nitrogens with zero attached hydrogens (tertiary/aromatic N) is 1. The molecule has 1 aliphatic carbocycles. The van der Waals surface area contributed by atoms with Crippen LogP contribution in [-0.4, -0.2) is 179 Å². The predicted molar refractivity (Wildman–Crippen MR) is 304 cm³/mol. The van der Waals surface area contributed by atoms with Crippen LogP contribution in [0.1, 0.15) is 96.1 Å². The molecule has 20 heteroatoms. The van der Waals surface area contributed by atoms with Crippen LogP contribution in [0.4, 0.5) is 4.79 Å². The molecule has 3 heterocycles. The number of nitrogens with one attached hydrogen (secondary N) is 1. The maximum atomic E-state index is 13.5. The van der Waals surface area contributed by atoms with Gasteiger partial charge in [0.05, 0.1) is 85.6 Å². The number of ether oxygens (including phenoxy) is 5. The number of cyclic esters (lactones) is 1. The largest absolute Gasteiger partial charge is 0.462 e. The third-order valence-electron chi connectivity index (χ3n) is 15.6. The van der Waals surface area contributed by atoms with Crippen LogP contribution < -0.4 is 5.32 Å². The van der Waals surface area contributed by atoms with Gasteiger partial charge >= 0.3 is 12.1 Å². The van der Waals surface area contributed by atoms with Crippen molar-refractivity contribution in [3.05, 3.63) is 145 Å². The number of amides is 1. The number of aliphatic hydroxyl groups excluding tert-OH is 9. The fourth-order valence-electron chi connectivity index (χ4n) is 10.9. The summed E-state index contributed by atoms with van der Waals surface area (Å²) in [5.74, 6) is -5.09. The highest BCUT2D eigenvalue weighted by molar-refractivity contribution is 5.79. The van der Waals surface area contributed by atoms with Gasteiger partial charge in [0.25, 0.3) is 0 Å². The Morgan fingerprint density at radius 1 is 0.671 bits per heavy atom. The Kier molecular flexibility index (Phi) is 25.4. The molecule has 2 aromatic carbocycles. The molecule has 1 amide bonds. The van der Waals surface area contributed by atoms with Crippen LogP contribution in [0.2, 0.25) is 0 Å². The fraction of sp³-hybridized carbons (Fsp3) is 0.532. The number of esters is 1. The van der Waals surface area contributed by atoms with E-state index in [0.717, 1.165) is 28.5 Å². The second kappa shape index (κ2) is 31.8. The van der Waals surface area contributed by atoms with E-state index in [0.29, 0.717) is 0 Å². The number of carbonyl (C=O) groups excluding carboxylic acids is 2. The van der Waals surface area contributed by atoms with Crippen molar-refractivity contribution in [1.29, 1.82) is 0 Å². The monoisotopic (exact) mass is 1140 g/mol. The van der Waals surface area contributed by atoms with Crippen molar-refractivity contribution in [3.8, 4) is 11.1 Å². The molecule has 2 aromatic rings. The van der Waals surface area contributed by atoms with Gasteiger partial charge in [0, 0.05) is 43.4 Å². The maximum Gasteiger partial charge on any atom is 0.407 e. The first-order chi connectivity index (χ1) is 39.2. The lowest BCUT2D eigenvalue weighted by Crippen LogP contribution is -2.64. The summed E-state index contributed by atoms with van der Waals surface area (Å²) in [7, 11) is 0. The molecule has 20 nitrogen and oxygen atoms in total. The number of hydrogen-bond donors (Lipinski definition) is 12. The van der Waals surface area contributed by atoms with Crippen molar-refractivity contribution in [2.75, 3.05) is 6.61 Å². The molecular formula is C62H84N2O18. The minimum atomic E-state index is -2.27. The summed E-state index contributed by atoms with van der Waals surface area (Å²) in [4.78, 5) is 26.2. The lowest BCUT2D eigenvalue weighted by Gasteiger charge is -2.45. The number of benzene rings is 2. The highest BCUT2D eigenvalue weighted by atomic mass is 16.7. The normalized spacial score (nSPS) is 39.1. The molecule has 2 fully saturated rings. The molecule has 0 aromatic heterocycles. The average molecular weight is 1150 g/mol. The molecule has 6 rings (SSSR count). The Labute approximate surface area is 479 Å². The van der Waals surface area contributed by atoms with Crippen LogP contribution in [-0.2, 0) is 28.5 Å². The van der Waals surface area contributed by atoms with Crippen LogP contribution in [0, 0.1) is 17.8 Å². The number of hydrogen-bond acceptors (Lipinski definition) is 19. The summed E-state index contributed by atoms with van der Waals surface area (Å²) in [6.07, 6.45) is 3.97. The first-order valence-corrected chi connectivity index (χ1v) is 28.2. The van der Waals surface area contributed by atoms with Gasteiger partial charge < -0.3 is 85.3 Å². The number of oxime groups is 1. The fourth-order valence-corrected chi connectivity index (χ4v) is 10.9. The maximum absolute atomic E-state index is 13.5. The molecule has 0 spiro atoms. The minimum absolute atomic E-state index is 0.0348. The molecular weight excluding hydrogens is 1060 g/mol. The lowest BCUT2D eigenvalue weighted by molar-refractivity contribution is -0.304. The molecule has 4 aliphatic rings. The van der Waals surface area contributed by atoms with Gasteiger partial charge in [-0.3, -0.25) is 4.79 Å². The van der Waals surface area contributed by atoms with E-state index in [1.54, 1.807) is 68.5 Å². The SMILES string of the molecule is C[C@@H]1[C@H](O)[C@@H](C)/C=C/C=C/C=C/C=C/C=C/C=C/C=C/[C@H](O[C@@H]2O[C@H](C)[C@@H](O)[C@H](NC(=O)OCC3c4ccccc4-c4ccccc43)[C@@H]2O)C[C@@H]2O[C@](O)(C[C@@H](O)C[C@@H](O)[C@H](O)CC[C@@H](O)C[C@@H](O)CC(=O)O[C@H]1C)C[C@H](O)[C@H]2/C=N/O. The zero-order valence-corrected chi connectivity index (χ0v) is 46.8. The van der Waals surface area contributed by atoms with E-state index in [2.05, 4.69) is 10.5 Å². The summed E-state index contributed by atoms with van der Waals surface area (Å²) in [5, 5.41) is 127. The van der Waals surface area contributed by atoms with Gasteiger partial charge in [0.2, 0.25) is 0 Å². The highest BCUT2D eigenvalue weighted by Gasteiger charge is 2.49. The van der Waals surface area contributed by atoms with Crippen molar-refractivity contribution in [3.63, 3.8) is 0 Å². The molecule has 450 valence electrons. The molecule has 12 N–H and O–H groups in total. The smallest absolute Gasteiger partial charge is 0.407 e. The first kappa shape index (κ1) is 65.5. The quantitative estimate of drug-likeness (QED) is 0.0809. The van der Waals surface area contributed by atoms with Gasteiger partial charge in [-0.15, -0.1) is 5.16 Å². The van der Waals surface area contributed by atoms with E-state index in [4.69, 9.17) is 23.7 Å². The van der Waals surface area contributed by atoms with Crippen LogP contribution in [0.3, 0.4) is 0 Å². The molecule has 82 heavy (non-hydrogen) atoms. The van der Waals surface area contributed by atoms with Gasteiger partial charge in [-0.1, -0.05) is 147 Å². The summed E-state index contributed by atoms with van der Waals surface area (Å²) < 4.78 is 29.8. The van der Waals surface area contributed by atoms with Gasteiger partial charge in [-0.05, 0) is 55.4 Å². The number of carbonyl (C=O) groups is 2. The molecule has 0 unspecified atom stereocenters. The third-order valence-corrected chi connectivity index (χ3v) is 15.6. The van der Waals surface area contributed by atoms with Crippen LogP contribution in [0.15, 0.2) is 139 Å². The number of allylic oxidation sites excluding steroid dienone is 12. The van der Waals surface area contributed by atoms with Crippen LogP contribution in [0.25, 0.3) is 11.1 Å². The van der Waals surface area contributed by atoms with E-state index in [1.165, 1.54) is 6.92 Å². The Balaban J connectivity index is 1.19. The van der Waals surface area contributed by atoms with Crippen LogP contribution in [0.5, 0.6) is 0 Å². The Morgan fingerprint density at radius 2 is 1.26 bits per heavy atom. The summed E-state index contributed by atoms with van der Waals surface area (Å²) in [6, 6.07) is 14.3. The Morgan fingerprint density at radius 3 is 1.87 bits per heavy atom. The lowest BCUT2D eigenvalue weighted by atomic mass is 9.83. The summed E-state index contributed by atoms with van der Waals surface area (Å²) in [5.41, 5.74) is 4.04. The molecule has 2 saturated heterocycles. The van der Waals surface area contributed by atoms with Crippen LogP contribution >= 0.6 is 0 Å². The molecule has 0 radical (unpaired) electrons. The van der Waals surface area contributed by atoms with Crippen molar-refractivity contribution >= 4 is 18.3 Å². The van der Waals surface area contributed by atoms with Crippen molar-refractivity contribution in [2.45, 2.75) is 182 Å². The van der Waals surface area contributed by atoms with E-state index in [-0.39, 0.29) is 44.1 Å². The Bertz CT molecular complexity index is 2540. The number of fused-ring (bicyclic) bond motifs is 5. The van der Waals surface area contributed by atoms with Gasteiger partial charge in [0.15, 0.2) is 12.1 Å². The van der Waals surface area contributed by atoms with Crippen molar-refractivity contribution < 1.29 is 89.5 Å². The van der Waals surface area contributed by atoms with E-state index in [9.17, 15) is 65.9 Å². The van der Waals surface area contributed by atoms with E-state index >= 15 is 0 Å². The Hall–Kier alpha value is -5.69. The number of alkyl carbamates (subject to hydrolysis) is 1. The second-order valence-corrected chi connectivity index (χ2v) is 22.0. The number of aliphatic hydroxyl groups is 10. The summed E-state index contributed by atoms with van der Waals surface area (Å²) >= 11 is 0. The molecule has 2 bridgehead atoms. The molecule has 3 aliphatic heterocycles. The van der Waals surface area contributed by atoms with Gasteiger partial charge in [-0.2, -0.15) is 0 Å². The first-order valence-electron chi connectivity index (χ1n) is 28.2. The van der Waals surface area contributed by atoms with Gasteiger partial charge in [0.1, 0.15) is 24.9 Å². The molecule has 19 atom stereocenters. The predicted octanol–water partition coefficient (Wildman–Crippen LogP) is 4.67. The highest BCUT2D eigenvalue weighted by Crippen LogP contribution is 2.45. The van der Waals surface area contributed by atoms with E-state index in [1.807, 2.05) is 85.8 Å². The zero-order valence-electron chi connectivity index (χ0n) is 46.8. The number of rotatable bonds is 6. The van der Waals surface area contributed by atoms with Crippen molar-refractivity contribution in [1.82, 2.24) is 5.32 Å². The standard InChI is InChI=1S/C62H84N2O18/c1-37-21-15-13-11-9-7-5-6-8-10-12-14-16-22-44(81-60-59(74)56(58(73)40(4)80-60)64-61(75)78-36-50-47-25-19-17-23-45(47)46-24-18-20-26-48(46)50)32-54-49(35-63-77)53(70)34-62(76,82-54)33-43(67)30-52(69)51(68)28-27-41(65)29-42(66)31-55(71)79-39(3)38(2)57(37)72/h5-26,35,37-44,49-54,56-60,65-70,72-74,76-77H,27-34,36H2,1-4H3,(H,64,75)/b6-5+,9-7+,10-8+,13-11+,14-12+,21-15+,22-16+,63-35+/t37-,38-,39-,40+,41+,42+,43-,44-,49+,51+,52+,53-,54-,56-,57+,58+,59-,60-,62+/m0/s1. The van der Waals surface area contributed by atoms with Gasteiger partial charge in [-0.25, -0.2) is 4.79 Å². The molecule has 0 saturated carbocycles. The average Bonchev–Trinajstić information content (AvgIpc) is 3.83. The summed E-state index contributed by atoms with van der Waals surface area (Å²) in [6.45, 7) is 6.72. The third kappa shape index (κ3) is 18.9. The van der Waals surface area contributed by atoms with Crippen molar-refractivity contribution in [2.24, 2.45) is 22.9 Å². The van der Waals surface area contributed by atoms with E-state index < -0.39 is 147 Å². The zero-order chi connectivity index (χ0) is 59.5. The topological polar surface area (TPSA) is 327 Å². The second-order valence-electron chi connectivity index (χ2n) is 22.0.